The highest BCUT2D eigenvalue weighted by Gasteiger charge is 2.30. The van der Waals surface area contributed by atoms with Crippen molar-refractivity contribution in [3.8, 4) is 0 Å². The molecule has 1 fully saturated rings. The predicted octanol–water partition coefficient (Wildman–Crippen LogP) is 0.938. The summed E-state index contributed by atoms with van der Waals surface area (Å²) in [7, 11) is 5.69. The Balaban J connectivity index is 2.27. The van der Waals surface area contributed by atoms with Crippen LogP contribution in [0.25, 0.3) is 0 Å². The minimum Gasteiger partial charge on any atom is -0.358 e. The van der Waals surface area contributed by atoms with E-state index < -0.39 is 0 Å². The van der Waals surface area contributed by atoms with Crippen molar-refractivity contribution in [1.82, 2.24) is 10.5 Å². The molecule has 1 heterocycles. The van der Waals surface area contributed by atoms with Gasteiger partial charge >= 0.3 is 0 Å². The topological polar surface area (TPSA) is 24.1 Å². The zero-order valence-corrected chi connectivity index (χ0v) is 8.29. The monoisotopic (exact) mass is 186 g/mol. The molecule has 0 saturated carbocycles. The molecule has 0 amide bonds. The second-order valence-corrected chi connectivity index (χ2v) is 3.84. The smallest absolute Gasteiger partial charge is 0.178 e. The van der Waals surface area contributed by atoms with Crippen LogP contribution in [0.1, 0.15) is 18.4 Å². The predicted molar refractivity (Wildman–Crippen MR) is 59.1 cm³/mol. The van der Waals surface area contributed by atoms with Gasteiger partial charge in [0.05, 0.1) is 0 Å². The largest absolute Gasteiger partial charge is 0.358 e. The van der Waals surface area contributed by atoms with Gasteiger partial charge < -0.3 is 10.5 Å². The van der Waals surface area contributed by atoms with E-state index >= 15 is 0 Å². The van der Waals surface area contributed by atoms with Gasteiger partial charge in [-0.1, -0.05) is 30.3 Å². The average molecular weight is 186 g/mol. The lowest BCUT2D eigenvalue weighted by atomic mass is 9.80. The Labute approximate surface area is 86.5 Å². The Kier molecular flexibility index (Phi) is 2.89. The Morgan fingerprint density at radius 3 is 2.36 bits per heavy atom. The summed E-state index contributed by atoms with van der Waals surface area (Å²) in [6, 6.07) is 10.5. The highest BCUT2D eigenvalue weighted by Crippen LogP contribution is 2.29. The van der Waals surface area contributed by atoms with E-state index in [9.17, 15) is 0 Å². The maximum atomic E-state index is 5.69. The molecule has 3 heteroatoms. The summed E-state index contributed by atoms with van der Waals surface area (Å²) < 4.78 is 0. The van der Waals surface area contributed by atoms with Crippen LogP contribution in [0, 0.1) is 0 Å². The van der Waals surface area contributed by atoms with Gasteiger partial charge in [-0.15, -0.1) is 0 Å². The summed E-state index contributed by atoms with van der Waals surface area (Å²) in [6.07, 6.45) is 2.10. The fourth-order valence-electron chi connectivity index (χ4n) is 2.13. The Hall–Kier alpha value is -0.795. The molecule has 2 nitrogen and oxygen atoms in total. The lowest BCUT2D eigenvalue weighted by molar-refractivity contribution is 0.291. The molecule has 1 saturated heterocycles. The standard InChI is InChI=1S/C11H15BN2/c12-14-11(6-8-13-9-7-11)10-4-2-1-3-5-10/h1-5,13-14H,6-9H2. The van der Waals surface area contributed by atoms with Gasteiger partial charge in [-0.25, -0.2) is 0 Å². The first-order valence-corrected chi connectivity index (χ1v) is 5.11. The first-order chi connectivity index (χ1) is 6.87. The number of piperidine rings is 1. The molecule has 14 heavy (non-hydrogen) atoms. The highest BCUT2D eigenvalue weighted by molar-refractivity contribution is 6.05. The van der Waals surface area contributed by atoms with E-state index in [1.54, 1.807) is 0 Å². The zero-order valence-electron chi connectivity index (χ0n) is 8.29. The molecule has 1 aromatic rings. The quantitative estimate of drug-likeness (QED) is 0.671. The molecule has 0 aliphatic carbocycles. The Morgan fingerprint density at radius 2 is 1.79 bits per heavy atom. The van der Waals surface area contributed by atoms with E-state index in [1.807, 2.05) is 6.07 Å². The van der Waals surface area contributed by atoms with Crippen molar-refractivity contribution in [3.05, 3.63) is 35.9 Å². The zero-order chi connectivity index (χ0) is 9.86. The third-order valence-corrected chi connectivity index (χ3v) is 3.06. The molecule has 1 aliphatic rings. The first-order valence-electron chi connectivity index (χ1n) is 5.11. The van der Waals surface area contributed by atoms with Crippen LogP contribution < -0.4 is 10.5 Å². The summed E-state index contributed by atoms with van der Waals surface area (Å²) in [4.78, 5) is 0. The molecule has 1 aromatic carbocycles. The molecule has 2 rings (SSSR count). The molecule has 2 radical (unpaired) electrons. The Bertz CT molecular complexity index is 281. The number of hydrogen-bond acceptors (Lipinski definition) is 2. The fraction of sp³-hybridized carbons (Fsp3) is 0.455. The first kappa shape index (κ1) is 9.75. The van der Waals surface area contributed by atoms with E-state index in [-0.39, 0.29) is 5.54 Å². The maximum absolute atomic E-state index is 5.69. The normalized spacial score (nSPS) is 20.6. The Morgan fingerprint density at radius 1 is 1.14 bits per heavy atom. The summed E-state index contributed by atoms with van der Waals surface area (Å²) >= 11 is 0. The van der Waals surface area contributed by atoms with Crippen LogP contribution in [0.2, 0.25) is 0 Å². The van der Waals surface area contributed by atoms with Crippen molar-refractivity contribution >= 4 is 7.98 Å². The number of benzene rings is 1. The third kappa shape index (κ3) is 1.70. The molecule has 2 N–H and O–H groups in total. The van der Waals surface area contributed by atoms with Crippen molar-refractivity contribution in [2.24, 2.45) is 0 Å². The molecule has 0 aromatic heterocycles. The molecule has 0 atom stereocenters. The molecular formula is C11H15BN2. The van der Waals surface area contributed by atoms with Crippen LogP contribution >= 0.6 is 0 Å². The van der Waals surface area contributed by atoms with E-state index in [1.165, 1.54) is 5.56 Å². The maximum Gasteiger partial charge on any atom is 0.178 e. The van der Waals surface area contributed by atoms with Crippen LogP contribution in [0.3, 0.4) is 0 Å². The van der Waals surface area contributed by atoms with Crippen molar-refractivity contribution in [1.29, 1.82) is 0 Å². The van der Waals surface area contributed by atoms with E-state index in [0.29, 0.717) is 0 Å². The van der Waals surface area contributed by atoms with Crippen LogP contribution in [0.15, 0.2) is 30.3 Å². The summed E-state index contributed by atoms with van der Waals surface area (Å²) in [5, 5.41) is 6.34. The molecule has 0 unspecified atom stereocenters. The molecule has 0 bridgehead atoms. The molecular weight excluding hydrogens is 171 g/mol. The second-order valence-electron chi connectivity index (χ2n) is 3.84. The summed E-state index contributed by atoms with van der Waals surface area (Å²) in [6.45, 7) is 2.05. The molecule has 72 valence electrons. The number of rotatable bonds is 2. The van der Waals surface area contributed by atoms with Crippen LogP contribution in [-0.2, 0) is 5.54 Å². The van der Waals surface area contributed by atoms with E-state index in [0.717, 1.165) is 25.9 Å². The van der Waals surface area contributed by atoms with Gasteiger partial charge in [0.25, 0.3) is 0 Å². The van der Waals surface area contributed by atoms with Crippen molar-refractivity contribution in [2.45, 2.75) is 18.4 Å². The van der Waals surface area contributed by atoms with Gasteiger partial charge in [-0.05, 0) is 31.5 Å². The second kappa shape index (κ2) is 4.15. The van der Waals surface area contributed by atoms with Crippen molar-refractivity contribution in [2.75, 3.05) is 13.1 Å². The summed E-state index contributed by atoms with van der Waals surface area (Å²) in [5.74, 6) is 0. The highest BCUT2D eigenvalue weighted by atomic mass is 15.0. The fourth-order valence-corrected chi connectivity index (χ4v) is 2.13. The lowest BCUT2D eigenvalue weighted by Crippen LogP contribution is -2.48. The van der Waals surface area contributed by atoms with Crippen LogP contribution in [-0.4, -0.2) is 21.1 Å². The minimum atomic E-state index is -0.0213. The van der Waals surface area contributed by atoms with Crippen molar-refractivity contribution < 1.29 is 0 Å². The molecule has 1 aliphatic heterocycles. The van der Waals surface area contributed by atoms with E-state index in [4.69, 9.17) is 7.98 Å². The van der Waals surface area contributed by atoms with Gasteiger partial charge in [0, 0.05) is 5.54 Å². The average Bonchev–Trinajstić information content (AvgIpc) is 2.31. The number of hydrogen-bond donors (Lipinski definition) is 2. The van der Waals surface area contributed by atoms with Gasteiger partial charge in [-0.2, -0.15) is 0 Å². The van der Waals surface area contributed by atoms with Crippen LogP contribution in [0.4, 0.5) is 0 Å². The lowest BCUT2D eigenvalue weighted by Gasteiger charge is -2.38. The van der Waals surface area contributed by atoms with Crippen LogP contribution in [0.5, 0.6) is 0 Å². The summed E-state index contributed by atoms with van der Waals surface area (Å²) in [5.41, 5.74) is 1.27. The van der Waals surface area contributed by atoms with Gasteiger partial charge in [0.2, 0.25) is 0 Å². The molecule has 0 spiro atoms. The van der Waals surface area contributed by atoms with E-state index in [2.05, 4.69) is 34.8 Å². The number of nitrogens with one attached hydrogen (secondary N) is 2. The SMILES string of the molecule is [B]NC1(c2ccccc2)CCNCC1. The minimum absolute atomic E-state index is 0.0213. The van der Waals surface area contributed by atoms with Gasteiger partial charge in [0.1, 0.15) is 0 Å². The van der Waals surface area contributed by atoms with Gasteiger partial charge in [-0.3, -0.25) is 0 Å². The van der Waals surface area contributed by atoms with Gasteiger partial charge in [0.15, 0.2) is 7.98 Å². The van der Waals surface area contributed by atoms with Crippen molar-refractivity contribution in [3.63, 3.8) is 0 Å². The third-order valence-electron chi connectivity index (χ3n) is 3.06.